The molecule has 0 bridgehead atoms. The lowest BCUT2D eigenvalue weighted by Crippen LogP contribution is -2.34. The molecular weight excluding hydrogens is 255 g/mol. The quantitative estimate of drug-likeness (QED) is 0.771. The predicted molar refractivity (Wildman–Crippen MR) is 69.5 cm³/mol. The number of hydrogen-bond acceptors (Lipinski definition) is 3. The fraction of sp³-hybridized carbons (Fsp3) is 0.500. The topological polar surface area (TPSA) is 58.2 Å². The molecule has 0 atom stereocenters. The molecule has 0 unspecified atom stereocenters. The molecule has 0 spiro atoms. The molecule has 1 aromatic rings. The molecule has 0 fully saturated rings. The zero-order chi connectivity index (χ0) is 13.8. The van der Waals surface area contributed by atoms with Crippen LogP contribution in [0.15, 0.2) is 23.1 Å². The van der Waals surface area contributed by atoms with Gasteiger partial charge in [-0.25, -0.2) is 17.5 Å². The first-order valence-electron chi connectivity index (χ1n) is 5.82. The number of nitrogens with one attached hydrogen (secondary N) is 2. The number of benzene rings is 1. The Bertz CT molecular complexity index is 501. The Balaban J connectivity index is 2.66. The summed E-state index contributed by atoms with van der Waals surface area (Å²) in [5.41, 5.74) is 0.426. The molecule has 0 saturated carbocycles. The van der Waals surface area contributed by atoms with Gasteiger partial charge in [-0.1, -0.05) is 19.9 Å². The lowest BCUT2D eigenvalue weighted by Gasteiger charge is -2.10. The van der Waals surface area contributed by atoms with Gasteiger partial charge in [-0.2, -0.15) is 0 Å². The van der Waals surface area contributed by atoms with Crippen LogP contribution in [-0.2, 0) is 10.0 Å². The fourth-order valence-electron chi connectivity index (χ4n) is 1.37. The lowest BCUT2D eigenvalue weighted by atomic mass is 10.2. The average Bonchev–Trinajstić information content (AvgIpc) is 2.28. The molecule has 2 N–H and O–H groups in total. The van der Waals surface area contributed by atoms with Crippen molar-refractivity contribution in [3.8, 4) is 0 Å². The summed E-state index contributed by atoms with van der Waals surface area (Å²) in [5.74, 6) is -0.516. The summed E-state index contributed by atoms with van der Waals surface area (Å²) in [6.07, 6.45) is 0. The monoisotopic (exact) mass is 274 g/mol. The van der Waals surface area contributed by atoms with Crippen LogP contribution in [0, 0.1) is 12.7 Å². The highest BCUT2D eigenvalue weighted by Gasteiger charge is 2.14. The molecule has 0 aliphatic rings. The van der Waals surface area contributed by atoms with E-state index in [1.807, 2.05) is 13.8 Å². The minimum atomic E-state index is -3.63. The van der Waals surface area contributed by atoms with Gasteiger partial charge in [0.15, 0.2) is 0 Å². The van der Waals surface area contributed by atoms with E-state index in [1.54, 1.807) is 6.92 Å². The molecule has 0 aliphatic carbocycles. The first kappa shape index (κ1) is 15.1. The van der Waals surface area contributed by atoms with Crippen molar-refractivity contribution in [3.05, 3.63) is 29.6 Å². The number of rotatable bonds is 6. The second-order valence-electron chi connectivity index (χ2n) is 4.42. The number of aryl methyl sites for hydroxylation is 1. The van der Waals surface area contributed by atoms with Gasteiger partial charge in [0.25, 0.3) is 0 Å². The van der Waals surface area contributed by atoms with Gasteiger partial charge in [-0.3, -0.25) is 0 Å². The highest BCUT2D eigenvalue weighted by Crippen LogP contribution is 2.13. The third kappa shape index (κ3) is 4.36. The molecule has 0 aliphatic heterocycles. The van der Waals surface area contributed by atoms with Crippen LogP contribution in [0.5, 0.6) is 0 Å². The molecule has 0 radical (unpaired) electrons. The maximum atomic E-state index is 13.3. The van der Waals surface area contributed by atoms with E-state index in [0.717, 1.165) is 6.07 Å². The molecule has 1 rings (SSSR count). The molecule has 1 aromatic carbocycles. The Morgan fingerprint density at radius 3 is 2.50 bits per heavy atom. The minimum absolute atomic E-state index is 0.0462. The molecule has 102 valence electrons. The molecule has 0 amide bonds. The Labute approximate surface area is 108 Å². The van der Waals surface area contributed by atoms with Crippen LogP contribution in [-0.4, -0.2) is 27.5 Å². The number of halogens is 1. The third-order valence-electron chi connectivity index (χ3n) is 2.42. The largest absolute Gasteiger partial charge is 0.313 e. The average molecular weight is 274 g/mol. The SMILES string of the molecule is Cc1ccc(S(=O)(=O)NCCNC(C)C)cc1F. The minimum Gasteiger partial charge on any atom is -0.313 e. The van der Waals surface area contributed by atoms with Crippen molar-refractivity contribution in [1.29, 1.82) is 0 Å². The zero-order valence-electron chi connectivity index (χ0n) is 10.8. The first-order chi connectivity index (χ1) is 8.33. The summed E-state index contributed by atoms with van der Waals surface area (Å²) in [5, 5.41) is 3.09. The smallest absolute Gasteiger partial charge is 0.240 e. The van der Waals surface area contributed by atoms with Crippen LogP contribution >= 0.6 is 0 Å². The van der Waals surface area contributed by atoms with Gasteiger partial charge in [0.05, 0.1) is 4.90 Å². The van der Waals surface area contributed by atoms with Gasteiger partial charge in [-0.05, 0) is 24.6 Å². The molecule has 0 aromatic heterocycles. The van der Waals surface area contributed by atoms with Gasteiger partial charge >= 0.3 is 0 Å². The maximum Gasteiger partial charge on any atom is 0.240 e. The summed E-state index contributed by atoms with van der Waals surface area (Å²) in [4.78, 5) is -0.0462. The van der Waals surface area contributed by atoms with Crippen molar-refractivity contribution in [2.45, 2.75) is 31.7 Å². The molecule has 0 heterocycles. The summed E-state index contributed by atoms with van der Waals surface area (Å²) >= 11 is 0. The van der Waals surface area contributed by atoms with Gasteiger partial charge < -0.3 is 5.32 Å². The number of hydrogen-bond donors (Lipinski definition) is 2. The molecule has 18 heavy (non-hydrogen) atoms. The first-order valence-corrected chi connectivity index (χ1v) is 7.30. The molecular formula is C12H19FN2O2S. The Kier molecular flexibility index (Phi) is 5.25. The van der Waals surface area contributed by atoms with E-state index in [-0.39, 0.29) is 11.4 Å². The Morgan fingerprint density at radius 2 is 1.94 bits per heavy atom. The molecule has 6 heteroatoms. The van der Waals surface area contributed by atoms with Gasteiger partial charge in [0.1, 0.15) is 5.82 Å². The highest BCUT2D eigenvalue weighted by atomic mass is 32.2. The normalized spacial score (nSPS) is 12.1. The van der Waals surface area contributed by atoms with Gasteiger partial charge in [0.2, 0.25) is 10.0 Å². The van der Waals surface area contributed by atoms with Crippen LogP contribution in [0.1, 0.15) is 19.4 Å². The molecule has 0 saturated heterocycles. The maximum absolute atomic E-state index is 13.3. The van der Waals surface area contributed by atoms with Gasteiger partial charge in [-0.15, -0.1) is 0 Å². The van der Waals surface area contributed by atoms with Crippen molar-refractivity contribution in [3.63, 3.8) is 0 Å². The summed E-state index contributed by atoms with van der Waals surface area (Å²) < 4.78 is 39.4. The molecule has 4 nitrogen and oxygen atoms in total. The van der Waals surface area contributed by atoms with E-state index >= 15 is 0 Å². The zero-order valence-corrected chi connectivity index (χ0v) is 11.6. The second-order valence-corrected chi connectivity index (χ2v) is 6.18. The predicted octanol–water partition coefficient (Wildman–Crippen LogP) is 1.41. The second kappa shape index (κ2) is 6.26. The van der Waals surface area contributed by atoms with E-state index < -0.39 is 15.8 Å². The summed E-state index contributed by atoms with van der Waals surface area (Å²) in [6, 6.07) is 4.19. The lowest BCUT2D eigenvalue weighted by molar-refractivity contribution is 0.557. The summed E-state index contributed by atoms with van der Waals surface area (Å²) in [7, 11) is -3.63. The van der Waals surface area contributed by atoms with Crippen molar-refractivity contribution in [2.24, 2.45) is 0 Å². The Hall–Kier alpha value is -0.980. The number of sulfonamides is 1. The van der Waals surface area contributed by atoms with Crippen LogP contribution in [0.3, 0.4) is 0 Å². The van der Waals surface area contributed by atoms with E-state index in [9.17, 15) is 12.8 Å². The van der Waals surface area contributed by atoms with E-state index in [4.69, 9.17) is 0 Å². The standard InChI is InChI=1S/C12H19FN2O2S/c1-9(2)14-6-7-15-18(16,17)11-5-4-10(3)12(13)8-11/h4-5,8-9,14-15H,6-7H2,1-3H3. The van der Waals surface area contributed by atoms with Gasteiger partial charge in [0, 0.05) is 19.1 Å². The summed E-state index contributed by atoms with van der Waals surface area (Å²) in [6.45, 7) is 6.35. The fourth-order valence-corrected chi connectivity index (χ4v) is 2.41. The van der Waals surface area contributed by atoms with E-state index in [0.29, 0.717) is 18.2 Å². The van der Waals surface area contributed by atoms with Crippen molar-refractivity contribution in [2.75, 3.05) is 13.1 Å². The van der Waals surface area contributed by atoms with Crippen molar-refractivity contribution >= 4 is 10.0 Å². The van der Waals surface area contributed by atoms with Crippen molar-refractivity contribution < 1.29 is 12.8 Å². The van der Waals surface area contributed by atoms with E-state index in [2.05, 4.69) is 10.0 Å². The third-order valence-corrected chi connectivity index (χ3v) is 3.88. The van der Waals surface area contributed by atoms with Crippen LogP contribution in [0.4, 0.5) is 4.39 Å². The highest BCUT2D eigenvalue weighted by molar-refractivity contribution is 7.89. The van der Waals surface area contributed by atoms with Crippen LogP contribution in [0.2, 0.25) is 0 Å². The van der Waals surface area contributed by atoms with Crippen LogP contribution < -0.4 is 10.0 Å². The Morgan fingerprint density at radius 1 is 1.28 bits per heavy atom. The van der Waals surface area contributed by atoms with E-state index in [1.165, 1.54) is 12.1 Å². The van der Waals surface area contributed by atoms with Crippen LogP contribution in [0.25, 0.3) is 0 Å². The van der Waals surface area contributed by atoms with Crippen molar-refractivity contribution in [1.82, 2.24) is 10.0 Å².